The summed E-state index contributed by atoms with van der Waals surface area (Å²) in [5.41, 5.74) is 2.37. The zero-order valence-corrected chi connectivity index (χ0v) is 14.2. The number of aromatic nitrogens is 2. The number of phenols is 1. The molecule has 27 heavy (non-hydrogen) atoms. The molecule has 1 amide bonds. The molecule has 2 N–H and O–H groups in total. The van der Waals surface area contributed by atoms with Gasteiger partial charge in [0, 0.05) is 5.56 Å². The first-order valence-corrected chi connectivity index (χ1v) is 8.15. The van der Waals surface area contributed by atoms with Crippen LogP contribution in [0.1, 0.15) is 16.1 Å². The summed E-state index contributed by atoms with van der Waals surface area (Å²) in [5.74, 6) is -0.858. The van der Waals surface area contributed by atoms with E-state index in [1.165, 1.54) is 18.2 Å². The third-order valence-electron chi connectivity index (χ3n) is 4.15. The third-order valence-corrected chi connectivity index (χ3v) is 4.15. The highest BCUT2D eigenvalue weighted by Crippen LogP contribution is 2.29. The zero-order chi connectivity index (χ0) is 19.0. The fourth-order valence-corrected chi connectivity index (χ4v) is 2.81. The van der Waals surface area contributed by atoms with E-state index in [2.05, 4.69) is 15.5 Å². The maximum atomic E-state index is 13.2. The molecule has 0 aliphatic heterocycles. The lowest BCUT2D eigenvalue weighted by molar-refractivity contribution is 0.102. The van der Waals surface area contributed by atoms with Crippen molar-refractivity contribution in [1.29, 1.82) is 0 Å². The van der Waals surface area contributed by atoms with Crippen LogP contribution in [0.4, 0.5) is 10.1 Å². The van der Waals surface area contributed by atoms with Gasteiger partial charge in [-0.05, 0) is 49.4 Å². The summed E-state index contributed by atoms with van der Waals surface area (Å²) >= 11 is 0. The van der Waals surface area contributed by atoms with Crippen molar-refractivity contribution in [3.05, 3.63) is 71.7 Å². The summed E-state index contributed by atoms with van der Waals surface area (Å²) in [5, 5.41) is 16.9. The van der Waals surface area contributed by atoms with Crippen molar-refractivity contribution >= 4 is 22.7 Å². The summed E-state index contributed by atoms with van der Waals surface area (Å²) in [6, 6.07) is 13.8. The molecule has 0 radical (unpaired) electrons. The number of anilines is 1. The van der Waals surface area contributed by atoms with E-state index in [0.717, 1.165) is 0 Å². The number of halogens is 1. The second-order valence-electron chi connectivity index (χ2n) is 5.98. The molecule has 0 saturated carbocycles. The molecule has 2 aromatic carbocycles. The number of hydrogen-bond acceptors (Lipinski definition) is 5. The molecule has 2 heterocycles. The summed E-state index contributed by atoms with van der Waals surface area (Å²) < 4.78 is 18.4. The predicted octanol–water partition coefficient (Wildman–Crippen LogP) is 4.30. The lowest BCUT2D eigenvalue weighted by Crippen LogP contribution is -2.13. The molecule has 0 saturated heterocycles. The second-order valence-corrected chi connectivity index (χ2v) is 5.98. The maximum Gasteiger partial charge on any atom is 0.259 e. The Hall–Kier alpha value is -3.74. The second kappa shape index (κ2) is 6.53. The van der Waals surface area contributed by atoms with Crippen LogP contribution in [0.25, 0.3) is 22.4 Å². The molecule has 0 spiro atoms. The number of benzene rings is 2. The van der Waals surface area contributed by atoms with Crippen LogP contribution >= 0.6 is 0 Å². The number of aromatic hydroxyl groups is 1. The fraction of sp³-hybridized carbons (Fsp3) is 0.0500. The first kappa shape index (κ1) is 16.7. The van der Waals surface area contributed by atoms with Crippen LogP contribution in [0.5, 0.6) is 5.75 Å². The van der Waals surface area contributed by atoms with Gasteiger partial charge in [0.2, 0.25) is 0 Å². The number of carbonyl (C=O) groups is 1. The lowest BCUT2D eigenvalue weighted by Gasteiger charge is -2.09. The molecule has 0 bridgehead atoms. The van der Waals surface area contributed by atoms with E-state index in [0.29, 0.717) is 27.9 Å². The number of fused-ring (bicyclic) bond motifs is 1. The Bertz CT molecular complexity index is 1150. The van der Waals surface area contributed by atoms with Crippen LogP contribution in [0.2, 0.25) is 0 Å². The topological polar surface area (TPSA) is 88.2 Å². The Morgan fingerprint density at radius 2 is 1.89 bits per heavy atom. The number of amides is 1. The van der Waals surface area contributed by atoms with Gasteiger partial charge >= 0.3 is 0 Å². The Labute approximate surface area is 153 Å². The number of aryl methyl sites for hydroxylation is 1. The minimum atomic E-state index is -0.446. The van der Waals surface area contributed by atoms with Crippen LogP contribution in [-0.4, -0.2) is 21.2 Å². The minimum Gasteiger partial charge on any atom is -0.506 e. The molecule has 0 aliphatic carbocycles. The first-order chi connectivity index (χ1) is 13.0. The van der Waals surface area contributed by atoms with Crippen molar-refractivity contribution in [2.75, 3.05) is 5.32 Å². The highest BCUT2D eigenvalue weighted by molar-refractivity contribution is 6.13. The summed E-state index contributed by atoms with van der Waals surface area (Å²) in [7, 11) is 0. The van der Waals surface area contributed by atoms with E-state index in [1.807, 2.05) is 0 Å². The SMILES string of the molecule is Cc1noc2nc(-c3ccc(F)cc3)cc(C(=O)Nc3ccccc3O)c12. The number of phenolic OH excluding ortho intramolecular Hbond substituents is 1. The van der Waals surface area contributed by atoms with Crippen molar-refractivity contribution in [3.8, 4) is 17.0 Å². The molecule has 0 unspecified atom stereocenters. The number of rotatable bonds is 3. The van der Waals surface area contributed by atoms with Crippen LogP contribution in [0.3, 0.4) is 0 Å². The molecule has 134 valence electrons. The van der Waals surface area contributed by atoms with E-state index in [-0.39, 0.29) is 23.0 Å². The van der Waals surface area contributed by atoms with Gasteiger partial charge in [0.25, 0.3) is 11.6 Å². The smallest absolute Gasteiger partial charge is 0.259 e. The highest BCUT2D eigenvalue weighted by Gasteiger charge is 2.20. The van der Waals surface area contributed by atoms with Gasteiger partial charge < -0.3 is 14.9 Å². The summed E-state index contributed by atoms with van der Waals surface area (Å²) in [4.78, 5) is 17.3. The molecule has 0 atom stereocenters. The van der Waals surface area contributed by atoms with Gasteiger partial charge in [-0.2, -0.15) is 0 Å². The van der Waals surface area contributed by atoms with Gasteiger partial charge in [-0.1, -0.05) is 17.3 Å². The molecule has 0 aliphatic rings. The van der Waals surface area contributed by atoms with E-state index in [1.54, 1.807) is 43.3 Å². The van der Waals surface area contributed by atoms with Crippen LogP contribution in [0.15, 0.2) is 59.1 Å². The van der Waals surface area contributed by atoms with E-state index in [9.17, 15) is 14.3 Å². The molecular formula is C20H14FN3O3. The van der Waals surface area contributed by atoms with Gasteiger partial charge in [0.15, 0.2) is 0 Å². The molecule has 7 heteroatoms. The maximum absolute atomic E-state index is 13.2. The normalized spacial score (nSPS) is 10.9. The number of nitrogens with zero attached hydrogens (tertiary/aromatic N) is 2. The number of para-hydroxylation sites is 2. The van der Waals surface area contributed by atoms with E-state index < -0.39 is 5.91 Å². The average Bonchev–Trinajstić information content (AvgIpc) is 3.04. The average molecular weight is 363 g/mol. The van der Waals surface area contributed by atoms with Crippen LogP contribution < -0.4 is 5.32 Å². The lowest BCUT2D eigenvalue weighted by atomic mass is 10.0. The van der Waals surface area contributed by atoms with Crippen molar-refractivity contribution in [3.63, 3.8) is 0 Å². The van der Waals surface area contributed by atoms with Gasteiger partial charge in [0.05, 0.1) is 28.0 Å². The standard InChI is InChI=1S/C20H14FN3O3/c1-11-18-14(19(26)22-15-4-2-3-5-17(15)25)10-16(23-20(18)27-24-11)12-6-8-13(21)9-7-12/h2-10,25H,1H3,(H,22,26). The highest BCUT2D eigenvalue weighted by atomic mass is 19.1. The van der Waals surface area contributed by atoms with Gasteiger partial charge in [-0.15, -0.1) is 0 Å². The Morgan fingerprint density at radius 3 is 2.63 bits per heavy atom. The number of nitrogens with one attached hydrogen (secondary N) is 1. The van der Waals surface area contributed by atoms with Crippen molar-refractivity contribution in [2.24, 2.45) is 0 Å². The fourth-order valence-electron chi connectivity index (χ4n) is 2.81. The van der Waals surface area contributed by atoms with E-state index in [4.69, 9.17) is 4.52 Å². The minimum absolute atomic E-state index is 0.0445. The van der Waals surface area contributed by atoms with Crippen molar-refractivity contribution in [2.45, 2.75) is 6.92 Å². The molecule has 6 nitrogen and oxygen atoms in total. The molecule has 2 aromatic heterocycles. The summed E-state index contributed by atoms with van der Waals surface area (Å²) in [6.45, 7) is 1.71. The Balaban J connectivity index is 1.83. The number of pyridine rings is 1. The molecule has 4 rings (SSSR count). The van der Waals surface area contributed by atoms with Crippen LogP contribution in [0, 0.1) is 12.7 Å². The third kappa shape index (κ3) is 3.10. The summed E-state index contributed by atoms with van der Waals surface area (Å²) in [6.07, 6.45) is 0. The molecule has 0 fully saturated rings. The predicted molar refractivity (Wildman–Crippen MR) is 98.0 cm³/mol. The van der Waals surface area contributed by atoms with Gasteiger partial charge in [-0.3, -0.25) is 4.79 Å². The molecular weight excluding hydrogens is 349 g/mol. The quantitative estimate of drug-likeness (QED) is 0.530. The van der Waals surface area contributed by atoms with Crippen molar-refractivity contribution in [1.82, 2.24) is 10.1 Å². The number of hydrogen-bond donors (Lipinski definition) is 2. The number of carbonyl (C=O) groups excluding carboxylic acids is 1. The Kier molecular flexibility index (Phi) is 4.04. The largest absolute Gasteiger partial charge is 0.506 e. The van der Waals surface area contributed by atoms with Gasteiger partial charge in [0.1, 0.15) is 11.6 Å². The van der Waals surface area contributed by atoms with Gasteiger partial charge in [-0.25, -0.2) is 9.37 Å². The Morgan fingerprint density at radius 1 is 1.15 bits per heavy atom. The monoisotopic (exact) mass is 363 g/mol. The first-order valence-electron chi connectivity index (χ1n) is 8.15. The van der Waals surface area contributed by atoms with Crippen LogP contribution in [-0.2, 0) is 0 Å². The zero-order valence-electron chi connectivity index (χ0n) is 14.2. The van der Waals surface area contributed by atoms with E-state index >= 15 is 0 Å². The molecule has 4 aromatic rings. The van der Waals surface area contributed by atoms with Crippen molar-refractivity contribution < 1.29 is 18.8 Å².